The van der Waals surface area contributed by atoms with Crippen molar-refractivity contribution in [2.45, 2.75) is 19.8 Å². The first kappa shape index (κ1) is 14.4. The van der Waals surface area contributed by atoms with Crippen LogP contribution < -0.4 is 5.09 Å². The van der Waals surface area contributed by atoms with E-state index in [1.54, 1.807) is 0 Å². The third-order valence-corrected chi connectivity index (χ3v) is 7.53. The summed E-state index contributed by atoms with van der Waals surface area (Å²) in [4.78, 5) is 4.07. The highest BCUT2D eigenvalue weighted by molar-refractivity contribution is 8.98. The Kier molecular flexibility index (Phi) is 8.87. The minimum absolute atomic E-state index is 0.761. The topological polar surface area (TPSA) is 50.7 Å². The Morgan fingerprint density at radius 3 is 2.86 bits per heavy atom. The second kappa shape index (κ2) is 8.65. The molecule has 0 aromatic heterocycles. The van der Waals surface area contributed by atoms with E-state index in [0.29, 0.717) is 0 Å². The van der Waals surface area contributed by atoms with Crippen molar-refractivity contribution in [3.05, 3.63) is 0 Å². The fourth-order valence-electron chi connectivity index (χ4n) is 0.628. The highest BCUT2D eigenvalue weighted by Crippen LogP contribution is 2.59. The smallest absolute Gasteiger partial charge is 0.309 e. The summed E-state index contributed by atoms with van der Waals surface area (Å²) in [5.41, 5.74) is 0. The van der Waals surface area contributed by atoms with Gasteiger partial charge in [0.2, 0.25) is 0 Å². The summed E-state index contributed by atoms with van der Waals surface area (Å²) in [7, 11) is 4.02. The van der Waals surface area contributed by atoms with Gasteiger partial charge in [0.15, 0.2) is 0 Å². The number of unbranched alkanes of at least 4 members (excludes halogenated alkanes) is 1. The van der Waals surface area contributed by atoms with Crippen molar-refractivity contribution in [1.82, 2.24) is 5.09 Å². The molecule has 0 aromatic carbocycles. The quantitative estimate of drug-likeness (QED) is 0.238. The highest BCUT2D eigenvalue weighted by atomic mass is 33.3. The summed E-state index contributed by atoms with van der Waals surface area (Å²) < 4.78 is 16.6. The molecule has 0 fully saturated rings. The van der Waals surface area contributed by atoms with Crippen LogP contribution in [0.3, 0.4) is 0 Å². The third kappa shape index (κ3) is 6.76. The van der Waals surface area contributed by atoms with Crippen LogP contribution in [0.5, 0.6) is 0 Å². The standard InChI is InChI=1S/C7H17N2O2PS2/c1-4-5-6-8-7-9-12(10,11-2)14-13-3/h7H,4-6H2,1-3H3,(H,8,9,10). The second-order valence-corrected chi connectivity index (χ2v) is 8.77. The van der Waals surface area contributed by atoms with Gasteiger partial charge in [-0.15, -0.1) is 0 Å². The maximum atomic E-state index is 11.7. The van der Waals surface area contributed by atoms with E-state index in [4.69, 9.17) is 4.52 Å². The first-order valence-electron chi connectivity index (χ1n) is 4.32. The van der Waals surface area contributed by atoms with Gasteiger partial charge in [0.25, 0.3) is 0 Å². The van der Waals surface area contributed by atoms with Gasteiger partial charge in [-0.05, 0) is 12.7 Å². The largest absolute Gasteiger partial charge is 0.361 e. The Balaban J connectivity index is 3.82. The number of nitrogens with one attached hydrogen (secondary N) is 1. The average Bonchev–Trinajstić information content (AvgIpc) is 2.18. The molecule has 0 amide bonds. The summed E-state index contributed by atoms with van der Waals surface area (Å²) >= 11 is 0. The normalized spacial score (nSPS) is 15.6. The van der Waals surface area contributed by atoms with Crippen molar-refractivity contribution in [2.24, 2.45) is 4.99 Å². The summed E-state index contributed by atoms with van der Waals surface area (Å²) in [5, 5.41) is 2.69. The molecule has 0 spiro atoms. The lowest BCUT2D eigenvalue weighted by molar-refractivity contribution is 0.406. The van der Waals surface area contributed by atoms with Crippen molar-refractivity contribution in [1.29, 1.82) is 0 Å². The van der Waals surface area contributed by atoms with Gasteiger partial charge in [-0.1, -0.05) is 24.1 Å². The molecule has 0 saturated heterocycles. The molecule has 0 radical (unpaired) electrons. The molecular formula is C7H17N2O2PS2. The van der Waals surface area contributed by atoms with Gasteiger partial charge < -0.3 is 4.52 Å². The van der Waals surface area contributed by atoms with Crippen molar-refractivity contribution in [3.63, 3.8) is 0 Å². The predicted molar refractivity (Wildman–Crippen MR) is 67.1 cm³/mol. The third-order valence-electron chi connectivity index (χ3n) is 1.36. The molecule has 1 atom stereocenters. The lowest BCUT2D eigenvalue weighted by Gasteiger charge is -2.11. The van der Waals surface area contributed by atoms with Crippen LogP contribution in [0.25, 0.3) is 0 Å². The fourth-order valence-corrected chi connectivity index (χ4v) is 5.00. The Morgan fingerprint density at radius 1 is 1.64 bits per heavy atom. The van der Waals surface area contributed by atoms with Gasteiger partial charge in [0.05, 0.1) is 6.34 Å². The van der Waals surface area contributed by atoms with Crippen molar-refractivity contribution >= 4 is 34.3 Å². The van der Waals surface area contributed by atoms with Gasteiger partial charge in [-0.2, -0.15) is 0 Å². The van der Waals surface area contributed by atoms with Crippen molar-refractivity contribution in [3.8, 4) is 0 Å². The molecule has 0 aliphatic carbocycles. The fraction of sp³-hybridized carbons (Fsp3) is 0.857. The molecule has 0 aliphatic rings. The van der Waals surface area contributed by atoms with Crippen LogP contribution in [0.2, 0.25) is 0 Å². The number of aliphatic imine (C=N–C) groups is 1. The number of hydrogen-bond acceptors (Lipinski definition) is 5. The molecule has 0 aliphatic heterocycles. The van der Waals surface area contributed by atoms with Crippen LogP contribution in [0.1, 0.15) is 19.8 Å². The first-order chi connectivity index (χ1) is 6.68. The lowest BCUT2D eigenvalue weighted by atomic mass is 10.3. The van der Waals surface area contributed by atoms with E-state index >= 15 is 0 Å². The van der Waals surface area contributed by atoms with E-state index in [0.717, 1.165) is 19.4 Å². The molecule has 1 N–H and O–H groups in total. The van der Waals surface area contributed by atoms with E-state index < -0.39 is 6.72 Å². The molecule has 0 saturated carbocycles. The van der Waals surface area contributed by atoms with Crippen molar-refractivity contribution in [2.75, 3.05) is 19.9 Å². The molecule has 0 bridgehead atoms. The molecule has 84 valence electrons. The molecule has 0 heterocycles. The maximum Gasteiger partial charge on any atom is 0.361 e. The number of hydrogen-bond donors (Lipinski definition) is 1. The second-order valence-electron chi connectivity index (χ2n) is 2.44. The van der Waals surface area contributed by atoms with Crippen LogP contribution in [-0.4, -0.2) is 26.2 Å². The summed E-state index contributed by atoms with van der Waals surface area (Å²) in [6.07, 6.45) is 5.49. The Hall–Kier alpha value is 0.360. The number of nitrogens with zero attached hydrogens (tertiary/aromatic N) is 1. The summed E-state index contributed by atoms with van der Waals surface area (Å²) in [6, 6.07) is 0. The molecule has 14 heavy (non-hydrogen) atoms. The molecule has 4 nitrogen and oxygen atoms in total. The highest BCUT2D eigenvalue weighted by Gasteiger charge is 2.20. The maximum absolute atomic E-state index is 11.7. The minimum Gasteiger partial charge on any atom is -0.309 e. The van der Waals surface area contributed by atoms with Crippen molar-refractivity contribution < 1.29 is 9.09 Å². The zero-order valence-corrected chi connectivity index (χ0v) is 11.3. The van der Waals surface area contributed by atoms with Crippen LogP contribution in [0.15, 0.2) is 4.99 Å². The van der Waals surface area contributed by atoms with E-state index in [1.807, 2.05) is 6.26 Å². The van der Waals surface area contributed by atoms with Crippen LogP contribution in [-0.2, 0) is 9.09 Å². The summed E-state index contributed by atoms with van der Waals surface area (Å²) in [5.74, 6) is 0. The molecule has 7 heteroatoms. The molecule has 0 aromatic rings. The van der Waals surface area contributed by atoms with E-state index in [-0.39, 0.29) is 0 Å². The first-order valence-corrected chi connectivity index (χ1v) is 9.11. The van der Waals surface area contributed by atoms with Gasteiger partial charge in [0, 0.05) is 24.1 Å². The van der Waals surface area contributed by atoms with Crippen LogP contribution in [0, 0.1) is 0 Å². The molecule has 0 rings (SSSR count). The van der Waals surface area contributed by atoms with Crippen LogP contribution >= 0.6 is 27.9 Å². The predicted octanol–water partition coefficient (Wildman–Crippen LogP) is 3.17. The van der Waals surface area contributed by atoms with Crippen LogP contribution in [0.4, 0.5) is 0 Å². The SMILES string of the molecule is CCCCN=CNP(=O)(OC)SSC. The Bertz CT molecular complexity index is 214. The monoisotopic (exact) mass is 256 g/mol. The van der Waals surface area contributed by atoms with Gasteiger partial charge in [-0.25, -0.2) is 0 Å². The van der Waals surface area contributed by atoms with Gasteiger partial charge >= 0.3 is 6.72 Å². The lowest BCUT2D eigenvalue weighted by Crippen LogP contribution is -2.06. The van der Waals surface area contributed by atoms with E-state index in [2.05, 4.69) is 17.0 Å². The minimum atomic E-state index is -2.77. The zero-order chi connectivity index (χ0) is 10.9. The zero-order valence-electron chi connectivity index (χ0n) is 8.73. The Labute approximate surface area is 93.3 Å². The number of rotatable bonds is 8. The molecular weight excluding hydrogens is 239 g/mol. The molecule has 1 unspecified atom stereocenters. The van der Waals surface area contributed by atoms with E-state index in [1.165, 1.54) is 34.7 Å². The summed E-state index contributed by atoms with van der Waals surface area (Å²) in [6.45, 7) is 0.0962. The average molecular weight is 256 g/mol. The Morgan fingerprint density at radius 2 is 2.36 bits per heavy atom. The van der Waals surface area contributed by atoms with Gasteiger partial charge in [-0.3, -0.25) is 14.6 Å². The van der Waals surface area contributed by atoms with Gasteiger partial charge in [0.1, 0.15) is 0 Å². The van der Waals surface area contributed by atoms with E-state index in [9.17, 15) is 4.57 Å².